The van der Waals surface area contributed by atoms with Gasteiger partial charge < -0.3 is 10.0 Å². The number of nitrogens with zero attached hydrogens (tertiary/aromatic N) is 1. The molecule has 134 valence electrons. The van der Waals surface area contributed by atoms with Crippen molar-refractivity contribution in [2.45, 2.75) is 55.5 Å². The molecule has 0 amide bonds. The van der Waals surface area contributed by atoms with Crippen LogP contribution in [0.3, 0.4) is 0 Å². The van der Waals surface area contributed by atoms with E-state index in [1.807, 2.05) is 0 Å². The van der Waals surface area contributed by atoms with Crippen molar-refractivity contribution in [2.75, 3.05) is 13.1 Å². The van der Waals surface area contributed by atoms with Crippen LogP contribution in [0.1, 0.15) is 38.5 Å². The number of benzene rings is 1. The lowest BCUT2D eigenvalue weighted by atomic mass is 9.91. The van der Waals surface area contributed by atoms with E-state index < -0.39 is 15.8 Å². The molecule has 2 N–H and O–H groups in total. The summed E-state index contributed by atoms with van der Waals surface area (Å²) in [6, 6.07) is 2.99. The second-order valence-electron chi connectivity index (χ2n) is 6.60. The predicted octanol–water partition coefficient (Wildman–Crippen LogP) is 3.38. The molecule has 1 aromatic carbocycles. The smallest absolute Gasteiger partial charge is 0.244 e. The Labute approximate surface area is 153 Å². The number of phenolic OH excluding ortho intramolecular Hbond substituents is 1. The number of hydrogen-bond donors (Lipinski definition) is 2. The predicted molar refractivity (Wildman–Crippen MR) is 95.3 cm³/mol. The minimum atomic E-state index is -3.85. The van der Waals surface area contributed by atoms with Crippen LogP contribution >= 0.6 is 23.2 Å². The van der Waals surface area contributed by atoms with Gasteiger partial charge in [-0.2, -0.15) is 0 Å². The standard InChI is InChI=1S/C16H22Cl2N2O3S/c17-11-9-14(18)16(21)15(10-11)24(22,23)19-12-3-5-13(6-4-12)20-7-1-2-8-20/h9-10,12-13,19,21H,1-8H2. The summed E-state index contributed by atoms with van der Waals surface area (Å²) in [5, 5.41) is 10.1. The first-order chi connectivity index (χ1) is 11.4. The molecular weight excluding hydrogens is 371 g/mol. The SMILES string of the molecule is O=S(=O)(NC1CCC(N2CCCC2)CC1)c1cc(Cl)cc(Cl)c1O. The van der Waals surface area contributed by atoms with Gasteiger partial charge in [-0.3, -0.25) is 0 Å². The van der Waals surface area contributed by atoms with Gasteiger partial charge in [0.15, 0.2) is 5.75 Å². The maximum absolute atomic E-state index is 12.6. The third-order valence-electron chi connectivity index (χ3n) is 4.96. The minimum Gasteiger partial charge on any atom is -0.505 e. The van der Waals surface area contributed by atoms with Crippen molar-refractivity contribution >= 4 is 33.2 Å². The molecule has 0 radical (unpaired) electrons. The van der Waals surface area contributed by atoms with Crippen molar-refractivity contribution in [1.82, 2.24) is 9.62 Å². The first-order valence-electron chi connectivity index (χ1n) is 8.31. The van der Waals surface area contributed by atoms with Gasteiger partial charge in [0, 0.05) is 17.1 Å². The van der Waals surface area contributed by atoms with Crippen LogP contribution in [0.2, 0.25) is 10.0 Å². The van der Waals surface area contributed by atoms with E-state index in [1.165, 1.54) is 25.0 Å². The van der Waals surface area contributed by atoms with Gasteiger partial charge >= 0.3 is 0 Å². The Bertz CT molecular complexity index is 698. The number of nitrogens with one attached hydrogen (secondary N) is 1. The molecule has 0 spiro atoms. The highest BCUT2D eigenvalue weighted by Crippen LogP contribution is 2.35. The Balaban J connectivity index is 1.66. The number of sulfonamides is 1. The van der Waals surface area contributed by atoms with Crippen molar-refractivity contribution in [1.29, 1.82) is 0 Å². The lowest BCUT2D eigenvalue weighted by Crippen LogP contribution is -2.43. The number of aromatic hydroxyl groups is 1. The number of rotatable bonds is 4. The second kappa shape index (κ2) is 7.38. The fourth-order valence-electron chi connectivity index (χ4n) is 3.70. The molecule has 1 aliphatic carbocycles. The van der Waals surface area contributed by atoms with Crippen molar-refractivity contribution < 1.29 is 13.5 Å². The molecule has 0 aromatic heterocycles. The molecule has 0 unspecified atom stereocenters. The summed E-state index contributed by atoms with van der Waals surface area (Å²) in [5.41, 5.74) is 0. The molecule has 1 aromatic rings. The summed E-state index contributed by atoms with van der Waals surface area (Å²) in [4.78, 5) is 2.26. The molecule has 1 saturated heterocycles. The van der Waals surface area contributed by atoms with Gasteiger partial charge in [-0.1, -0.05) is 23.2 Å². The van der Waals surface area contributed by atoms with Crippen molar-refractivity contribution in [3.63, 3.8) is 0 Å². The van der Waals surface area contributed by atoms with Gasteiger partial charge in [0.05, 0.1) is 5.02 Å². The Hall–Kier alpha value is -0.530. The molecular formula is C16H22Cl2N2O3S. The Kier molecular flexibility index (Phi) is 5.62. The zero-order valence-electron chi connectivity index (χ0n) is 13.3. The van der Waals surface area contributed by atoms with Crippen LogP contribution in [0.15, 0.2) is 17.0 Å². The largest absolute Gasteiger partial charge is 0.505 e. The van der Waals surface area contributed by atoms with E-state index >= 15 is 0 Å². The Morgan fingerprint density at radius 1 is 1.08 bits per heavy atom. The summed E-state index contributed by atoms with van der Waals surface area (Å²) in [6.45, 7) is 2.33. The molecule has 1 saturated carbocycles. The van der Waals surface area contributed by atoms with Gasteiger partial charge in [0.2, 0.25) is 10.0 Å². The topological polar surface area (TPSA) is 69.6 Å². The molecule has 8 heteroatoms. The monoisotopic (exact) mass is 392 g/mol. The highest BCUT2D eigenvalue weighted by atomic mass is 35.5. The normalized spacial score (nSPS) is 25.9. The summed E-state index contributed by atoms with van der Waals surface area (Å²) in [6.07, 6.45) is 6.12. The molecule has 2 aliphatic rings. The fourth-order valence-corrected chi connectivity index (χ4v) is 5.76. The van der Waals surface area contributed by atoms with Gasteiger partial charge in [0.25, 0.3) is 0 Å². The zero-order chi connectivity index (χ0) is 17.3. The number of halogens is 2. The van der Waals surface area contributed by atoms with E-state index in [0.717, 1.165) is 38.8 Å². The summed E-state index contributed by atoms with van der Waals surface area (Å²) < 4.78 is 27.8. The van der Waals surface area contributed by atoms with Crippen LogP contribution in [0.4, 0.5) is 0 Å². The molecule has 3 rings (SSSR count). The number of likely N-dealkylation sites (tertiary alicyclic amines) is 1. The maximum atomic E-state index is 12.6. The lowest BCUT2D eigenvalue weighted by Gasteiger charge is -2.34. The summed E-state index contributed by atoms with van der Waals surface area (Å²) in [7, 11) is -3.85. The Morgan fingerprint density at radius 3 is 2.33 bits per heavy atom. The van der Waals surface area contributed by atoms with Gasteiger partial charge in [-0.15, -0.1) is 0 Å². The highest BCUT2D eigenvalue weighted by molar-refractivity contribution is 7.89. The number of hydrogen-bond acceptors (Lipinski definition) is 4. The van der Waals surface area contributed by atoms with Crippen LogP contribution in [0.25, 0.3) is 0 Å². The first-order valence-corrected chi connectivity index (χ1v) is 10.5. The average Bonchev–Trinajstić information content (AvgIpc) is 3.05. The molecule has 0 bridgehead atoms. The summed E-state index contributed by atoms with van der Waals surface area (Å²) in [5.74, 6) is -0.459. The third kappa shape index (κ3) is 3.99. The molecule has 0 atom stereocenters. The fraction of sp³-hybridized carbons (Fsp3) is 0.625. The second-order valence-corrected chi connectivity index (χ2v) is 9.13. The molecule has 1 heterocycles. The van der Waals surface area contributed by atoms with E-state index in [2.05, 4.69) is 9.62 Å². The van der Waals surface area contributed by atoms with Gasteiger partial charge in [-0.25, -0.2) is 13.1 Å². The van der Waals surface area contributed by atoms with Crippen LogP contribution < -0.4 is 4.72 Å². The first kappa shape index (κ1) is 18.3. The van der Waals surface area contributed by atoms with E-state index in [1.54, 1.807) is 0 Å². The van der Waals surface area contributed by atoms with E-state index in [4.69, 9.17) is 23.2 Å². The molecule has 24 heavy (non-hydrogen) atoms. The highest BCUT2D eigenvalue weighted by Gasteiger charge is 2.31. The van der Waals surface area contributed by atoms with Gasteiger partial charge in [0.1, 0.15) is 4.90 Å². The lowest BCUT2D eigenvalue weighted by molar-refractivity contribution is 0.179. The van der Waals surface area contributed by atoms with E-state index in [0.29, 0.717) is 6.04 Å². The van der Waals surface area contributed by atoms with E-state index in [9.17, 15) is 13.5 Å². The average molecular weight is 393 g/mol. The molecule has 5 nitrogen and oxygen atoms in total. The van der Waals surface area contributed by atoms with Crippen LogP contribution in [0, 0.1) is 0 Å². The van der Waals surface area contributed by atoms with Crippen molar-refractivity contribution in [2.24, 2.45) is 0 Å². The molecule has 2 fully saturated rings. The zero-order valence-corrected chi connectivity index (χ0v) is 15.7. The summed E-state index contributed by atoms with van der Waals surface area (Å²) >= 11 is 11.7. The number of phenols is 1. The van der Waals surface area contributed by atoms with Crippen LogP contribution in [-0.4, -0.2) is 43.6 Å². The van der Waals surface area contributed by atoms with E-state index in [-0.39, 0.29) is 21.0 Å². The third-order valence-corrected chi connectivity index (χ3v) is 7.00. The van der Waals surface area contributed by atoms with Crippen molar-refractivity contribution in [3.05, 3.63) is 22.2 Å². The maximum Gasteiger partial charge on any atom is 0.244 e. The van der Waals surface area contributed by atoms with Crippen LogP contribution in [-0.2, 0) is 10.0 Å². The quantitative estimate of drug-likeness (QED) is 0.823. The van der Waals surface area contributed by atoms with Crippen LogP contribution in [0.5, 0.6) is 5.75 Å². The van der Waals surface area contributed by atoms with Gasteiger partial charge in [-0.05, 0) is 63.7 Å². The minimum absolute atomic E-state index is 0.0689. The Morgan fingerprint density at radius 2 is 1.71 bits per heavy atom. The molecule has 1 aliphatic heterocycles. The van der Waals surface area contributed by atoms with Crippen molar-refractivity contribution in [3.8, 4) is 5.75 Å².